The number of sulfonamides is 1. The van der Waals surface area contributed by atoms with Gasteiger partial charge in [0.1, 0.15) is 17.2 Å². The van der Waals surface area contributed by atoms with Crippen molar-refractivity contribution in [2.45, 2.75) is 10.8 Å². The predicted molar refractivity (Wildman–Crippen MR) is 61.2 cm³/mol. The molecule has 0 saturated heterocycles. The van der Waals surface area contributed by atoms with Crippen LogP contribution in [0.2, 0.25) is 0 Å². The Balaban J connectivity index is 2.87. The maximum absolute atomic E-state index is 12.7. The molecule has 0 radical (unpaired) electrons. The number of halogens is 2. The molecule has 0 aliphatic carbocycles. The second-order valence-electron chi connectivity index (χ2n) is 3.91. The molecular weight excluding hydrogens is 284 g/mol. The summed E-state index contributed by atoms with van der Waals surface area (Å²) >= 11 is 0. The van der Waals surface area contributed by atoms with Gasteiger partial charge in [-0.1, -0.05) is 0 Å². The molecule has 0 fully saturated rings. The first kappa shape index (κ1) is 15.5. The third-order valence-corrected chi connectivity index (χ3v) is 3.16. The molecule has 108 valence electrons. The Morgan fingerprint density at radius 3 is 2.58 bits per heavy atom. The van der Waals surface area contributed by atoms with Gasteiger partial charge in [0.15, 0.2) is 0 Å². The molecule has 0 bridgehead atoms. The van der Waals surface area contributed by atoms with Gasteiger partial charge in [0.25, 0.3) is 11.8 Å². The van der Waals surface area contributed by atoms with Crippen molar-refractivity contribution in [3.05, 3.63) is 18.0 Å². The summed E-state index contributed by atoms with van der Waals surface area (Å²) in [6.45, 7) is -2.46. The number of carbonyl (C=O) groups is 1. The number of aliphatic hydroxyl groups is 1. The van der Waals surface area contributed by atoms with Crippen molar-refractivity contribution in [1.29, 1.82) is 0 Å². The van der Waals surface area contributed by atoms with Gasteiger partial charge in [0.2, 0.25) is 10.0 Å². The van der Waals surface area contributed by atoms with Gasteiger partial charge in [0.05, 0.1) is 6.54 Å². The predicted octanol–water partition coefficient (Wildman–Crippen LogP) is -0.970. The van der Waals surface area contributed by atoms with Crippen LogP contribution in [0.1, 0.15) is 10.5 Å². The number of alkyl halides is 2. The first-order chi connectivity index (χ1) is 8.57. The van der Waals surface area contributed by atoms with Crippen molar-refractivity contribution in [3.8, 4) is 0 Å². The molecule has 1 rings (SSSR count). The highest BCUT2D eigenvalue weighted by molar-refractivity contribution is 7.89. The number of aliphatic hydroxyl groups excluding tert-OH is 1. The number of nitrogens with two attached hydrogens (primary N) is 1. The molecule has 0 unspecified atom stereocenters. The second-order valence-corrected chi connectivity index (χ2v) is 5.48. The second kappa shape index (κ2) is 5.23. The van der Waals surface area contributed by atoms with Gasteiger partial charge < -0.3 is 15.0 Å². The molecule has 19 heavy (non-hydrogen) atoms. The van der Waals surface area contributed by atoms with Crippen LogP contribution in [0.3, 0.4) is 0 Å². The molecule has 0 aromatic carbocycles. The van der Waals surface area contributed by atoms with Gasteiger partial charge in [-0.2, -0.15) is 0 Å². The molecular formula is C9H13F2N3O4S. The molecule has 0 aliphatic heterocycles. The van der Waals surface area contributed by atoms with E-state index in [2.05, 4.69) is 0 Å². The maximum atomic E-state index is 12.7. The minimum absolute atomic E-state index is 0.141. The van der Waals surface area contributed by atoms with Crippen molar-refractivity contribution in [3.63, 3.8) is 0 Å². The van der Waals surface area contributed by atoms with Gasteiger partial charge in [-0.15, -0.1) is 0 Å². The molecule has 0 spiro atoms. The SMILES string of the molecule is Cn1cc(S(N)(=O)=O)cc1C(=O)NCC(F)(F)CO. The highest BCUT2D eigenvalue weighted by atomic mass is 32.2. The summed E-state index contributed by atoms with van der Waals surface area (Å²) in [7, 11) is -2.61. The summed E-state index contributed by atoms with van der Waals surface area (Å²) in [4.78, 5) is 11.3. The topological polar surface area (TPSA) is 114 Å². The van der Waals surface area contributed by atoms with Crippen LogP contribution in [0.25, 0.3) is 0 Å². The lowest BCUT2D eigenvalue weighted by Crippen LogP contribution is -2.39. The number of carbonyl (C=O) groups excluding carboxylic acids is 1. The Hall–Kier alpha value is -1.52. The van der Waals surface area contributed by atoms with Gasteiger partial charge in [-0.25, -0.2) is 22.3 Å². The number of hydrogen-bond donors (Lipinski definition) is 3. The number of primary sulfonamides is 1. The van der Waals surface area contributed by atoms with Crippen LogP contribution in [0.5, 0.6) is 0 Å². The molecule has 1 amide bonds. The van der Waals surface area contributed by atoms with Gasteiger partial charge >= 0.3 is 0 Å². The summed E-state index contributed by atoms with van der Waals surface area (Å²) in [5.74, 6) is -4.34. The minimum atomic E-state index is -3.97. The fourth-order valence-electron chi connectivity index (χ4n) is 1.27. The van der Waals surface area contributed by atoms with Crippen LogP contribution >= 0.6 is 0 Å². The maximum Gasteiger partial charge on any atom is 0.287 e. The molecule has 10 heteroatoms. The third kappa shape index (κ3) is 3.98. The Morgan fingerprint density at radius 1 is 1.58 bits per heavy atom. The molecule has 0 aliphatic rings. The number of hydrogen-bond acceptors (Lipinski definition) is 4. The molecule has 4 N–H and O–H groups in total. The normalized spacial score (nSPS) is 12.5. The van der Waals surface area contributed by atoms with Crippen LogP contribution in [-0.4, -0.2) is 43.1 Å². The van der Waals surface area contributed by atoms with Crippen LogP contribution in [0.4, 0.5) is 8.78 Å². The van der Waals surface area contributed by atoms with Crippen LogP contribution in [0, 0.1) is 0 Å². The molecule has 0 atom stereocenters. The fraction of sp³-hybridized carbons (Fsp3) is 0.444. The van der Waals surface area contributed by atoms with E-state index in [0.717, 1.165) is 16.8 Å². The fourth-order valence-corrected chi connectivity index (χ4v) is 1.85. The Labute approximate surface area is 108 Å². The smallest absolute Gasteiger partial charge is 0.287 e. The van der Waals surface area contributed by atoms with Crippen molar-refractivity contribution in [2.75, 3.05) is 13.2 Å². The zero-order chi connectivity index (χ0) is 14.8. The lowest BCUT2D eigenvalue weighted by Gasteiger charge is -2.13. The van der Waals surface area contributed by atoms with Crippen LogP contribution in [0.15, 0.2) is 17.2 Å². The highest BCUT2D eigenvalue weighted by Gasteiger charge is 2.29. The number of rotatable bonds is 5. The van der Waals surface area contributed by atoms with E-state index >= 15 is 0 Å². The number of aryl methyl sites for hydroxylation is 1. The van der Waals surface area contributed by atoms with Gasteiger partial charge in [-0.3, -0.25) is 4.79 Å². The van der Waals surface area contributed by atoms with E-state index in [1.165, 1.54) is 7.05 Å². The van der Waals surface area contributed by atoms with E-state index in [9.17, 15) is 22.0 Å². The average Bonchev–Trinajstić information content (AvgIpc) is 2.68. The van der Waals surface area contributed by atoms with Crippen molar-refractivity contribution in [2.24, 2.45) is 12.2 Å². The van der Waals surface area contributed by atoms with Crippen molar-refractivity contribution in [1.82, 2.24) is 9.88 Å². The summed E-state index contributed by atoms with van der Waals surface area (Å²) in [6.07, 6.45) is 1.09. The number of nitrogens with one attached hydrogen (secondary N) is 1. The quantitative estimate of drug-likeness (QED) is 0.648. The van der Waals surface area contributed by atoms with E-state index in [1.54, 1.807) is 0 Å². The van der Waals surface area contributed by atoms with Gasteiger partial charge in [0, 0.05) is 13.2 Å². The van der Waals surface area contributed by atoms with E-state index in [0.29, 0.717) is 0 Å². The summed E-state index contributed by atoms with van der Waals surface area (Å²) in [5, 5.41) is 15.1. The van der Waals surface area contributed by atoms with E-state index in [4.69, 9.17) is 10.2 Å². The Kier molecular flexibility index (Phi) is 4.28. The largest absolute Gasteiger partial charge is 0.390 e. The monoisotopic (exact) mass is 297 g/mol. The minimum Gasteiger partial charge on any atom is -0.390 e. The van der Waals surface area contributed by atoms with Gasteiger partial charge in [-0.05, 0) is 6.07 Å². The van der Waals surface area contributed by atoms with Crippen LogP contribution < -0.4 is 10.5 Å². The zero-order valence-corrected chi connectivity index (χ0v) is 10.7. The first-order valence-electron chi connectivity index (χ1n) is 5.03. The van der Waals surface area contributed by atoms with Crippen LogP contribution in [-0.2, 0) is 17.1 Å². The van der Waals surface area contributed by atoms with E-state index in [-0.39, 0.29) is 10.6 Å². The number of amides is 1. The molecule has 1 aromatic rings. The number of nitrogens with zero attached hydrogens (tertiary/aromatic N) is 1. The third-order valence-electron chi connectivity index (χ3n) is 2.28. The average molecular weight is 297 g/mol. The highest BCUT2D eigenvalue weighted by Crippen LogP contribution is 2.13. The molecule has 1 aromatic heterocycles. The van der Waals surface area contributed by atoms with Crippen molar-refractivity contribution < 1.29 is 27.1 Å². The van der Waals surface area contributed by atoms with Crippen molar-refractivity contribution >= 4 is 15.9 Å². The summed E-state index contributed by atoms with van der Waals surface area (Å²) < 4.78 is 48.7. The first-order valence-corrected chi connectivity index (χ1v) is 6.57. The molecule has 7 nitrogen and oxygen atoms in total. The lowest BCUT2D eigenvalue weighted by molar-refractivity contribution is -0.0462. The molecule has 1 heterocycles. The summed E-state index contributed by atoms with van der Waals surface area (Å²) in [5.41, 5.74) is -0.141. The van der Waals surface area contributed by atoms with E-state index in [1.807, 2.05) is 5.32 Å². The zero-order valence-electron chi connectivity index (χ0n) is 9.93. The Morgan fingerprint density at radius 2 is 2.16 bits per heavy atom. The lowest BCUT2D eigenvalue weighted by atomic mass is 10.3. The van der Waals surface area contributed by atoms with E-state index < -0.39 is 35.0 Å². The standard InChI is InChI=1S/C9H13F2N3O4S/c1-14-3-6(19(12,17)18)2-7(14)8(16)13-4-9(10,11)5-15/h2-3,15H,4-5H2,1H3,(H,13,16)(H2,12,17,18). The summed E-state index contributed by atoms with van der Waals surface area (Å²) in [6, 6.07) is 0.974. The Bertz CT molecular complexity index is 582. The number of aromatic nitrogens is 1. The molecule has 0 saturated carbocycles.